The molecule has 1 fully saturated rings. The van der Waals surface area contributed by atoms with Crippen molar-refractivity contribution < 1.29 is 5.11 Å². The molecule has 0 atom stereocenters. The topological polar surface area (TPSA) is 38.0 Å². The van der Waals surface area contributed by atoms with E-state index in [9.17, 15) is 5.11 Å². The lowest BCUT2D eigenvalue weighted by Crippen LogP contribution is -2.31. The van der Waals surface area contributed by atoms with Gasteiger partial charge in [-0.25, -0.2) is 0 Å². The van der Waals surface area contributed by atoms with Crippen LogP contribution in [-0.2, 0) is 13.0 Å². The van der Waals surface area contributed by atoms with Crippen molar-refractivity contribution >= 4 is 15.9 Å². The maximum atomic E-state index is 10.8. The van der Waals surface area contributed by atoms with Gasteiger partial charge in [-0.1, -0.05) is 25.7 Å². The monoisotopic (exact) mass is 314 g/mol. The second kappa shape index (κ2) is 5.74. The maximum Gasteiger partial charge on any atom is 0.0738 e. The van der Waals surface area contributed by atoms with Crippen LogP contribution in [0.5, 0.6) is 0 Å². The van der Waals surface area contributed by atoms with Gasteiger partial charge in [0.05, 0.1) is 21.5 Å². The fraction of sp³-hybridized carbons (Fsp3) is 0.786. The molecular formula is C14H23BrN2O. The third-order valence-electron chi connectivity index (χ3n) is 3.98. The summed E-state index contributed by atoms with van der Waals surface area (Å²) in [4.78, 5) is 0. The molecule has 0 amide bonds. The average molecular weight is 315 g/mol. The minimum atomic E-state index is -0.529. The van der Waals surface area contributed by atoms with Gasteiger partial charge in [0, 0.05) is 13.0 Å². The molecule has 1 N–H and O–H groups in total. The Morgan fingerprint density at radius 2 is 1.89 bits per heavy atom. The Morgan fingerprint density at radius 3 is 2.44 bits per heavy atom. The van der Waals surface area contributed by atoms with Crippen LogP contribution in [0, 0.1) is 6.92 Å². The Balaban J connectivity index is 2.21. The summed E-state index contributed by atoms with van der Waals surface area (Å²) in [5.41, 5.74) is 1.64. The van der Waals surface area contributed by atoms with Gasteiger partial charge in [-0.05, 0) is 42.6 Å². The minimum absolute atomic E-state index is 0.529. The first kappa shape index (κ1) is 14.1. The average Bonchev–Trinajstić information content (AvgIpc) is 2.54. The van der Waals surface area contributed by atoms with Crippen molar-refractivity contribution in [3.8, 4) is 0 Å². The Kier molecular flexibility index (Phi) is 4.49. The Labute approximate surface area is 118 Å². The van der Waals surface area contributed by atoms with E-state index in [2.05, 4.69) is 28.0 Å². The van der Waals surface area contributed by atoms with Crippen LogP contribution in [0.1, 0.15) is 56.8 Å². The van der Waals surface area contributed by atoms with E-state index in [1.54, 1.807) is 0 Å². The van der Waals surface area contributed by atoms with Crippen molar-refractivity contribution in [3.05, 3.63) is 15.9 Å². The number of hydrogen-bond acceptors (Lipinski definition) is 2. The van der Waals surface area contributed by atoms with Gasteiger partial charge in [0.25, 0.3) is 0 Å². The normalized spacial score (nSPS) is 19.8. The van der Waals surface area contributed by atoms with Gasteiger partial charge >= 0.3 is 0 Å². The van der Waals surface area contributed by atoms with E-state index in [1.165, 1.54) is 12.8 Å². The number of nitrogens with zero attached hydrogens (tertiary/aromatic N) is 2. The van der Waals surface area contributed by atoms with E-state index in [1.807, 2.05) is 11.6 Å². The summed E-state index contributed by atoms with van der Waals surface area (Å²) in [6.07, 6.45) is 7.38. The Morgan fingerprint density at radius 1 is 1.28 bits per heavy atom. The van der Waals surface area contributed by atoms with Gasteiger partial charge in [0.2, 0.25) is 0 Å². The Hall–Kier alpha value is -0.350. The molecule has 0 aliphatic heterocycles. The summed E-state index contributed by atoms with van der Waals surface area (Å²) >= 11 is 3.62. The number of hydrogen-bond donors (Lipinski definition) is 1. The molecule has 3 nitrogen and oxygen atoms in total. The van der Waals surface area contributed by atoms with Crippen LogP contribution >= 0.6 is 15.9 Å². The Bertz CT molecular complexity index is 406. The van der Waals surface area contributed by atoms with Gasteiger partial charge < -0.3 is 5.11 Å². The van der Waals surface area contributed by atoms with Gasteiger partial charge in [-0.3, -0.25) is 4.68 Å². The zero-order valence-electron chi connectivity index (χ0n) is 11.4. The lowest BCUT2D eigenvalue weighted by molar-refractivity contribution is 0.0232. The lowest BCUT2D eigenvalue weighted by atomic mass is 9.89. The summed E-state index contributed by atoms with van der Waals surface area (Å²) < 4.78 is 3.09. The number of halogens is 1. The first-order valence-corrected chi connectivity index (χ1v) is 7.79. The van der Waals surface area contributed by atoms with Crippen molar-refractivity contribution in [3.63, 3.8) is 0 Å². The summed E-state index contributed by atoms with van der Waals surface area (Å²) in [6.45, 7) is 4.97. The summed E-state index contributed by atoms with van der Waals surface area (Å²) in [6, 6.07) is 0. The number of rotatable bonds is 3. The van der Waals surface area contributed by atoms with Crippen molar-refractivity contribution in [1.29, 1.82) is 0 Å². The molecule has 18 heavy (non-hydrogen) atoms. The highest BCUT2D eigenvalue weighted by atomic mass is 79.9. The summed E-state index contributed by atoms with van der Waals surface area (Å²) in [5, 5.41) is 15.3. The maximum absolute atomic E-state index is 10.8. The molecule has 0 saturated heterocycles. The fourth-order valence-electron chi connectivity index (χ4n) is 2.91. The first-order chi connectivity index (χ1) is 8.56. The third-order valence-corrected chi connectivity index (χ3v) is 5.02. The van der Waals surface area contributed by atoms with Gasteiger partial charge in [-0.15, -0.1) is 0 Å². The molecule has 0 radical (unpaired) electrons. The SMILES string of the molecule is CCn1nc(C)c(Br)c1CC1(O)CCCCCC1. The van der Waals surface area contributed by atoms with Crippen LogP contribution in [0.25, 0.3) is 0 Å². The van der Waals surface area contributed by atoms with E-state index in [0.29, 0.717) is 0 Å². The second-order valence-electron chi connectivity index (χ2n) is 5.48. The highest BCUT2D eigenvalue weighted by Crippen LogP contribution is 2.33. The molecule has 0 aromatic carbocycles. The van der Waals surface area contributed by atoms with Crippen LogP contribution < -0.4 is 0 Å². The second-order valence-corrected chi connectivity index (χ2v) is 6.27. The summed E-state index contributed by atoms with van der Waals surface area (Å²) in [5.74, 6) is 0. The van der Waals surface area contributed by atoms with Gasteiger partial charge in [0.1, 0.15) is 0 Å². The largest absolute Gasteiger partial charge is 0.389 e. The third kappa shape index (κ3) is 2.97. The molecule has 1 aliphatic carbocycles. The quantitative estimate of drug-likeness (QED) is 0.866. The highest BCUT2D eigenvalue weighted by molar-refractivity contribution is 9.10. The zero-order chi connectivity index (χ0) is 13.2. The molecule has 102 valence electrons. The molecule has 0 bridgehead atoms. The molecule has 0 spiro atoms. The van der Waals surface area contributed by atoms with E-state index in [4.69, 9.17) is 0 Å². The number of aryl methyl sites for hydroxylation is 2. The number of aromatic nitrogens is 2. The van der Waals surface area contributed by atoms with Crippen molar-refractivity contribution in [2.24, 2.45) is 0 Å². The number of aliphatic hydroxyl groups is 1. The molecular weight excluding hydrogens is 292 g/mol. The highest BCUT2D eigenvalue weighted by Gasteiger charge is 2.30. The zero-order valence-corrected chi connectivity index (χ0v) is 13.0. The fourth-order valence-corrected chi connectivity index (χ4v) is 3.34. The molecule has 1 aromatic heterocycles. The molecule has 1 aromatic rings. The summed E-state index contributed by atoms with van der Waals surface area (Å²) in [7, 11) is 0. The van der Waals surface area contributed by atoms with Crippen molar-refractivity contribution in [1.82, 2.24) is 9.78 Å². The first-order valence-electron chi connectivity index (χ1n) is 7.00. The van der Waals surface area contributed by atoms with E-state index in [-0.39, 0.29) is 0 Å². The lowest BCUT2D eigenvalue weighted by Gasteiger charge is -2.27. The van der Waals surface area contributed by atoms with E-state index < -0.39 is 5.60 Å². The van der Waals surface area contributed by atoms with Gasteiger partial charge in [0.15, 0.2) is 0 Å². The molecule has 1 aliphatic rings. The molecule has 1 saturated carbocycles. The van der Waals surface area contributed by atoms with Crippen LogP contribution in [-0.4, -0.2) is 20.5 Å². The van der Waals surface area contributed by atoms with Crippen molar-refractivity contribution in [2.75, 3.05) is 0 Å². The molecule has 4 heteroatoms. The minimum Gasteiger partial charge on any atom is -0.389 e. The van der Waals surface area contributed by atoms with E-state index in [0.717, 1.165) is 54.5 Å². The molecule has 1 heterocycles. The van der Waals surface area contributed by atoms with Crippen LogP contribution in [0.4, 0.5) is 0 Å². The predicted octanol–water partition coefficient (Wildman–Crippen LogP) is 3.60. The molecule has 2 rings (SSSR count). The van der Waals surface area contributed by atoms with Crippen LogP contribution in [0.3, 0.4) is 0 Å². The van der Waals surface area contributed by atoms with Gasteiger partial charge in [-0.2, -0.15) is 5.10 Å². The van der Waals surface area contributed by atoms with Crippen LogP contribution in [0.15, 0.2) is 4.47 Å². The molecule has 0 unspecified atom stereocenters. The predicted molar refractivity (Wildman–Crippen MR) is 76.7 cm³/mol. The smallest absolute Gasteiger partial charge is 0.0738 e. The standard InChI is InChI=1S/C14H23BrN2O/c1-3-17-12(13(15)11(2)16-17)10-14(18)8-6-4-5-7-9-14/h18H,3-10H2,1-2H3. The van der Waals surface area contributed by atoms with E-state index >= 15 is 0 Å². The van der Waals surface area contributed by atoms with Crippen LogP contribution in [0.2, 0.25) is 0 Å². The van der Waals surface area contributed by atoms with Crippen molar-refractivity contribution in [2.45, 2.75) is 70.9 Å².